The summed E-state index contributed by atoms with van der Waals surface area (Å²) in [4.78, 5) is 65.5. The number of aliphatic carboxylic acids is 1. The molecule has 1 saturated heterocycles. The van der Waals surface area contributed by atoms with E-state index in [1.807, 2.05) is 0 Å². The number of amides is 3. The molecule has 10 heteroatoms. The Morgan fingerprint density at radius 1 is 1.03 bits per heavy atom. The molecule has 3 N–H and O–H groups in total. The molecule has 0 aromatic carbocycles. The molecule has 3 aliphatic carbocycles. The van der Waals surface area contributed by atoms with Crippen molar-refractivity contribution in [1.82, 2.24) is 15.5 Å². The van der Waals surface area contributed by atoms with Crippen molar-refractivity contribution >= 4 is 29.7 Å². The summed E-state index contributed by atoms with van der Waals surface area (Å²) in [7, 11) is 0. The molecule has 10 nitrogen and oxygen atoms in total. The maximum Gasteiger partial charge on any atom is 0.408 e. The molecule has 1 heterocycles. The molecule has 4 rings (SSSR count). The minimum Gasteiger partial charge on any atom is -0.475 e. The van der Waals surface area contributed by atoms with Gasteiger partial charge in [-0.2, -0.15) is 0 Å². The van der Waals surface area contributed by atoms with E-state index < -0.39 is 47.5 Å². The average Bonchev–Trinajstić information content (AvgIpc) is 3.49. The fourth-order valence-electron chi connectivity index (χ4n) is 6.42. The van der Waals surface area contributed by atoms with Crippen molar-refractivity contribution in [2.45, 2.75) is 103 Å². The van der Waals surface area contributed by atoms with Crippen LogP contribution in [-0.4, -0.2) is 69.9 Å². The van der Waals surface area contributed by atoms with Gasteiger partial charge >= 0.3 is 12.1 Å². The summed E-state index contributed by atoms with van der Waals surface area (Å²) in [6.45, 7) is 9.77. The Balaban J connectivity index is 1.54. The fraction of sp³-hybridized carbons (Fsp3) is 0.815. The van der Waals surface area contributed by atoms with Gasteiger partial charge < -0.3 is 25.4 Å². The van der Waals surface area contributed by atoms with Crippen LogP contribution in [0.5, 0.6) is 0 Å². The van der Waals surface area contributed by atoms with Gasteiger partial charge in [0.05, 0.1) is 6.04 Å². The van der Waals surface area contributed by atoms with Crippen LogP contribution < -0.4 is 10.6 Å². The van der Waals surface area contributed by atoms with Crippen LogP contribution in [0.25, 0.3) is 0 Å². The molecule has 0 aromatic rings. The van der Waals surface area contributed by atoms with Crippen molar-refractivity contribution in [3.63, 3.8) is 0 Å². The van der Waals surface area contributed by atoms with Gasteiger partial charge in [-0.1, -0.05) is 39.5 Å². The van der Waals surface area contributed by atoms with E-state index in [2.05, 4.69) is 24.5 Å². The Morgan fingerprint density at radius 3 is 2.19 bits per heavy atom. The highest BCUT2D eigenvalue weighted by Crippen LogP contribution is 2.65. The third-order valence-electron chi connectivity index (χ3n) is 8.68. The standard InChI is InChI=1S/C27H41N3O7/c1-26(2,3)37-25(36)29-19(15-8-6-7-9-15)23(33)30-13-16-18(27(16,4)5)20(30)22(32)28-17(12-14-10-11-14)21(31)24(34)35/h14-20H,6-13H2,1-5H3,(H,28,32)(H,29,36)(H,34,35)/t16-,17?,18-,19-,20-/m0/s1. The smallest absolute Gasteiger partial charge is 0.408 e. The summed E-state index contributed by atoms with van der Waals surface area (Å²) in [5.74, 6) is -3.21. The summed E-state index contributed by atoms with van der Waals surface area (Å²) in [5.41, 5.74) is -0.870. The number of carboxylic acid groups (broad SMARTS) is 1. The molecule has 0 spiro atoms. The summed E-state index contributed by atoms with van der Waals surface area (Å²) in [5, 5.41) is 14.8. The Labute approximate surface area is 218 Å². The van der Waals surface area contributed by atoms with Crippen molar-refractivity contribution < 1.29 is 33.8 Å². The van der Waals surface area contributed by atoms with E-state index >= 15 is 0 Å². The SMILES string of the molecule is CC(C)(C)OC(=O)N[C@H](C(=O)N1C[C@H]2[C@@H]([C@H]1C(=O)NC(CC1CC1)C(=O)C(=O)O)C2(C)C)C1CCCC1. The van der Waals surface area contributed by atoms with Gasteiger partial charge in [0.2, 0.25) is 11.8 Å². The maximum atomic E-state index is 14.0. The lowest BCUT2D eigenvalue weighted by Gasteiger charge is -2.35. The molecule has 5 atom stereocenters. The minimum atomic E-state index is -1.57. The van der Waals surface area contributed by atoms with Crippen LogP contribution in [0.4, 0.5) is 4.79 Å². The second-order valence-corrected chi connectivity index (χ2v) is 13.0. The van der Waals surface area contributed by atoms with Gasteiger partial charge in [-0.15, -0.1) is 0 Å². The lowest BCUT2D eigenvalue weighted by Crippen LogP contribution is -2.59. The summed E-state index contributed by atoms with van der Waals surface area (Å²) in [6, 6.07) is -2.74. The monoisotopic (exact) mass is 519 g/mol. The second-order valence-electron chi connectivity index (χ2n) is 13.0. The Hall–Kier alpha value is -2.65. The maximum absolute atomic E-state index is 14.0. The van der Waals surface area contributed by atoms with E-state index in [-0.39, 0.29) is 35.0 Å². The van der Waals surface area contributed by atoms with Crippen molar-refractivity contribution in [1.29, 1.82) is 0 Å². The number of fused-ring (bicyclic) bond motifs is 1. The number of rotatable bonds is 9. The zero-order chi connectivity index (χ0) is 27.3. The van der Waals surface area contributed by atoms with Crippen LogP contribution in [-0.2, 0) is 23.9 Å². The van der Waals surface area contributed by atoms with Crippen molar-refractivity contribution in [2.75, 3.05) is 6.54 Å². The zero-order valence-electron chi connectivity index (χ0n) is 22.5. The summed E-state index contributed by atoms with van der Waals surface area (Å²) in [6.07, 6.45) is 4.96. The summed E-state index contributed by atoms with van der Waals surface area (Å²) < 4.78 is 5.43. The number of ketones is 1. The van der Waals surface area contributed by atoms with Gasteiger partial charge in [0.25, 0.3) is 5.78 Å². The first-order chi connectivity index (χ1) is 17.2. The minimum absolute atomic E-state index is 0.0510. The Bertz CT molecular complexity index is 962. The molecular formula is C27H41N3O7. The zero-order valence-corrected chi connectivity index (χ0v) is 22.5. The highest BCUT2D eigenvalue weighted by molar-refractivity contribution is 6.35. The van der Waals surface area contributed by atoms with Crippen LogP contribution in [0.15, 0.2) is 0 Å². The predicted molar refractivity (Wildman–Crippen MR) is 133 cm³/mol. The van der Waals surface area contributed by atoms with E-state index in [1.165, 1.54) is 0 Å². The number of hydrogen-bond acceptors (Lipinski definition) is 6. The van der Waals surface area contributed by atoms with E-state index in [0.717, 1.165) is 38.5 Å². The van der Waals surface area contributed by atoms with Crippen LogP contribution in [0, 0.1) is 29.1 Å². The first-order valence-electron chi connectivity index (χ1n) is 13.6. The van der Waals surface area contributed by atoms with E-state index in [0.29, 0.717) is 13.0 Å². The Morgan fingerprint density at radius 2 is 1.65 bits per heavy atom. The van der Waals surface area contributed by atoms with Crippen LogP contribution in [0.1, 0.15) is 79.6 Å². The van der Waals surface area contributed by atoms with E-state index in [9.17, 15) is 29.1 Å². The highest BCUT2D eigenvalue weighted by Gasteiger charge is 2.69. The number of carboxylic acids is 1. The lowest BCUT2D eigenvalue weighted by molar-refractivity contribution is -0.151. The number of hydrogen-bond donors (Lipinski definition) is 3. The molecule has 1 aliphatic heterocycles. The quantitative estimate of drug-likeness (QED) is 0.397. The van der Waals surface area contributed by atoms with E-state index in [4.69, 9.17) is 4.74 Å². The first kappa shape index (κ1) is 27.4. The van der Waals surface area contributed by atoms with Crippen molar-refractivity contribution in [3.05, 3.63) is 0 Å². The highest BCUT2D eigenvalue weighted by atomic mass is 16.6. The first-order valence-corrected chi connectivity index (χ1v) is 13.6. The van der Waals surface area contributed by atoms with Gasteiger partial charge in [0.15, 0.2) is 0 Å². The summed E-state index contributed by atoms with van der Waals surface area (Å²) >= 11 is 0. The number of nitrogens with zero attached hydrogens (tertiary/aromatic N) is 1. The van der Waals surface area contributed by atoms with Gasteiger partial charge in [-0.3, -0.25) is 14.4 Å². The van der Waals surface area contributed by atoms with E-state index in [1.54, 1.807) is 25.7 Å². The van der Waals surface area contributed by atoms with Crippen molar-refractivity contribution in [3.8, 4) is 0 Å². The van der Waals surface area contributed by atoms with Gasteiger partial charge in [0, 0.05) is 6.54 Å². The third kappa shape index (κ3) is 5.93. The molecule has 1 unspecified atom stereocenters. The molecule has 0 bridgehead atoms. The largest absolute Gasteiger partial charge is 0.475 e. The second kappa shape index (κ2) is 9.91. The van der Waals surface area contributed by atoms with Crippen molar-refractivity contribution in [2.24, 2.45) is 29.1 Å². The van der Waals surface area contributed by atoms with Gasteiger partial charge in [0.1, 0.15) is 17.7 Å². The fourth-order valence-corrected chi connectivity index (χ4v) is 6.42. The van der Waals surface area contributed by atoms with Crippen LogP contribution in [0.3, 0.4) is 0 Å². The predicted octanol–water partition coefficient (Wildman–Crippen LogP) is 2.49. The molecule has 4 aliphatic rings. The molecule has 0 aromatic heterocycles. The van der Waals surface area contributed by atoms with Gasteiger partial charge in [-0.05, 0) is 69.1 Å². The number of nitrogens with one attached hydrogen (secondary N) is 2. The molecule has 4 fully saturated rings. The molecule has 206 valence electrons. The van der Waals surface area contributed by atoms with Gasteiger partial charge in [-0.25, -0.2) is 9.59 Å². The molecular weight excluding hydrogens is 478 g/mol. The lowest BCUT2D eigenvalue weighted by atomic mass is 9.94. The Kier molecular flexibility index (Phi) is 7.33. The molecule has 3 amide bonds. The van der Waals surface area contributed by atoms with Crippen LogP contribution in [0.2, 0.25) is 0 Å². The normalized spacial score (nSPS) is 28.1. The number of Topliss-reactive ketones (excluding diaryl/α,β-unsaturated/α-hetero) is 1. The number of carbonyl (C=O) groups excluding carboxylic acids is 4. The van der Waals surface area contributed by atoms with Crippen LogP contribution >= 0.6 is 0 Å². The number of piperidine rings is 1. The topological polar surface area (TPSA) is 142 Å². The number of alkyl carbamates (subject to hydrolysis) is 1. The average molecular weight is 520 g/mol. The molecule has 3 saturated carbocycles. The number of likely N-dealkylation sites (tertiary alicyclic amines) is 1. The third-order valence-corrected chi connectivity index (χ3v) is 8.68. The number of carbonyl (C=O) groups is 5. The number of ether oxygens (including phenoxy) is 1. The molecule has 0 radical (unpaired) electrons. The molecule has 37 heavy (non-hydrogen) atoms.